The summed E-state index contributed by atoms with van der Waals surface area (Å²) in [6.07, 6.45) is 1.53. The maximum absolute atomic E-state index is 12.5. The zero-order chi connectivity index (χ0) is 17.5. The van der Waals surface area contributed by atoms with E-state index in [1.54, 1.807) is 37.3 Å². The normalized spacial score (nSPS) is 11.5. The highest BCUT2D eigenvalue weighted by Gasteiger charge is 2.22. The molecule has 1 aromatic heterocycles. The minimum Gasteiger partial charge on any atom is -0.496 e. The quantitative estimate of drug-likeness (QED) is 0.806. The molecule has 0 saturated heterocycles. The predicted octanol–water partition coefficient (Wildman–Crippen LogP) is 1.73. The smallest absolute Gasteiger partial charge is 0.259 e. The van der Waals surface area contributed by atoms with Crippen molar-refractivity contribution >= 4 is 11.8 Å². The van der Waals surface area contributed by atoms with Crippen molar-refractivity contribution in [1.82, 2.24) is 10.6 Å². The van der Waals surface area contributed by atoms with Crippen LogP contribution < -0.4 is 20.1 Å². The molecule has 24 heavy (non-hydrogen) atoms. The van der Waals surface area contributed by atoms with Crippen LogP contribution in [0.25, 0.3) is 0 Å². The molecule has 0 aliphatic heterocycles. The molecule has 1 aromatic carbocycles. The van der Waals surface area contributed by atoms with Gasteiger partial charge in [-0.05, 0) is 31.2 Å². The van der Waals surface area contributed by atoms with E-state index in [1.807, 2.05) is 0 Å². The standard InChI is InChI=1S/C17H20N2O5/c1-11(16(20)18-10-12-6-5-9-24-12)19-17(21)15-13(22-2)7-4-8-14(15)23-3/h4-9,11H,10H2,1-3H3,(H,18,20)(H,19,21)/t11-/m1/s1. The minimum atomic E-state index is -0.734. The van der Waals surface area contributed by atoms with Gasteiger partial charge in [-0.15, -0.1) is 0 Å². The van der Waals surface area contributed by atoms with Gasteiger partial charge in [-0.25, -0.2) is 0 Å². The van der Waals surface area contributed by atoms with E-state index in [1.165, 1.54) is 20.5 Å². The van der Waals surface area contributed by atoms with Gasteiger partial charge < -0.3 is 24.5 Å². The zero-order valence-corrected chi connectivity index (χ0v) is 13.8. The Morgan fingerprint density at radius 3 is 2.33 bits per heavy atom. The number of carbonyl (C=O) groups excluding carboxylic acids is 2. The van der Waals surface area contributed by atoms with Gasteiger partial charge in [0.25, 0.3) is 5.91 Å². The Bertz CT molecular complexity index is 675. The van der Waals surface area contributed by atoms with Crippen molar-refractivity contribution in [3.63, 3.8) is 0 Å². The second kappa shape index (κ2) is 8.05. The van der Waals surface area contributed by atoms with Crippen LogP contribution in [-0.4, -0.2) is 32.1 Å². The predicted molar refractivity (Wildman–Crippen MR) is 87.0 cm³/mol. The van der Waals surface area contributed by atoms with E-state index in [0.717, 1.165) is 0 Å². The van der Waals surface area contributed by atoms with Crippen molar-refractivity contribution in [3.05, 3.63) is 47.9 Å². The van der Waals surface area contributed by atoms with Crippen molar-refractivity contribution in [2.24, 2.45) is 0 Å². The summed E-state index contributed by atoms with van der Waals surface area (Å²) >= 11 is 0. The molecule has 0 radical (unpaired) electrons. The van der Waals surface area contributed by atoms with Gasteiger partial charge in [-0.2, -0.15) is 0 Å². The molecule has 0 bridgehead atoms. The van der Waals surface area contributed by atoms with E-state index >= 15 is 0 Å². The Hall–Kier alpha value is -2.96. The first-order chi connectivity index (χ1) is 11.6. The van der Waals surface area contributed by atoms with Gasteiger partial charge in [0.1, 0.15) is 28.9 Å². The van der Waals surface area contributed by atoms with Crippen LogP contribution in [0.5, 0.6) is 11.5 Å². The number of nitrogens with one attached hydrogen (secondary N) is 2. The van der Waals surface area contributed by atoms with E-state index < -0.39 is 11.9 Å². The lowest BCUT2D eigenvalue weighted by Crippen LogP contribution is -2.44. The molecule has 128 valence electrons. The van der Waals surface area contributed by atoms with E-state index in [9.17, 15) is 9.59 Å². The Kier molecular flexibility index (Phi) is 5.83. The highest BCUT2D eigenvalue weighted by atomic mass is 16.5. The van der Waals surface area contributed by atoms with Gasteiger partial charge in [-0.1, -0.05) is 6.07 Å². The summed E-state index contributed by atoms with van der Waals surface area (Å²) in [6, 6.07) is 7.78. The van der Waals surface area contributed by atoms with Crippen LogP contribution in [0.2, 0.25) is 0 Å². The van der Waals surface area contributed by atoms with E-state index in [0.29, 0.717) is 17.3 Å². The molecule has 0 spiro atoms. The molecular weight excluding hydrogens is 312 g/mol. The number of carbonyl (C=O) groups is 2. The SMILES string of the molecule is COc1cccc(OC)c1C(=O)N[C@H](C)C(=O)NCc1ccco1. The molecule has 0 aliphatic carbocycles. The Labute approximate surface area is 139 Å². The number of benzene rings is 1. The molecule has 0 fully saturated rings. The van der Waals surface area contributed by atoms with E-state index in [4.69, 9.17) is 13.9 Å². The summed E-state index contributed by atoms with van der Waals surface area (Å²) in [7, 11) is 2.93. The van der Waals surface area contributed by atoms with Crippen molar-refractivity contribution in [3.8, 4) is 11.5 Å². The third-order valence-electron chi connectivity index (χ3n) is 3.41. The maximum Gasteiger partial charge on any atom is 0.259 e. The third-order valence-corrected chi connectivity index (χ3v) is 3.41. The number of methoxy groups -OCH3 is 2. The molecule has 1 atom stereocenters. The summed E-state index contributed by atoms with van der Waals surface area (Å²) in [4.78, 5) is 24.6. The maximum atomic E-state index is 12.5. The largest absolute Gasteiger partial charge is 0.496 e. The van der Waals surface area contributed by atoms with Crippen LogP contribution in [0.15, 0.2) is 41.0 Å². The summed E-state index contributed by atoms with van der Waals surface area (Å²) < 4.78 is 15.5. The number of hydrogen-bond donors (Lipinski definition) is 2. The average molecular weight is 332 g/mol. The molecule has 0 aliphatic rings. The lowest BCUT2D eigenvalue weighted by atomic mass is 10.1. The molecule has 0 unspecified atom stereocenters. The lowest BCUT2D eigenvalue weighted by Gasteiger charge is -2.16. The molecule has 7 heteroatoms. The molecule has 2 aromatic rings. The molecule has 0 saturated carbocycles. The summed E-state index contributed by atoms with van der Waals surface area (Å²) in [6.45, 7) is 1.85. The number of rotatable bonds is 7. The van der Waals surface area contributed by atoms with Crippen molar-refractivity contribution < 1.29 is 23.5 Å². The fourth-order valence-corrected chi connectivity index (χ4v) is 2.15. The van der Waals surface area contributed by atoms with Crippen molar-refractivity contribution in [1.29, 1.82) is 0 Å². The average Bonchev–Trinajstić information content (AvgIpc) is 3.12. The highest BCUT2D eigenvalue weighted by molar-refractivity contribution is 6.01. The fourth-order valence-electron chi connectivity index (χ4n) is 2.15. The first-order valence-electron chi connectivity index (χ1n) is 7.38. The zero-order valence-electron chi connectivity index (χ0n) is 13.8. The van der Waals surface area contributed by atoms with Crippen LogP contribution in [0.3, 0.4) is 0 Å². The van der Waals surface area contributed by atoms with E-state index in [2.05, 4.69) is 10.6 Å². The topological polar surface area (TPSA) is 89.8 Å². The third kappa shape index (κ3) is 4.07. The highest BCUT2D eigenvalue weighted by Crippen LogP contribution is 2.28. The van der Waals surface area contributed by atoms with Gasteiger partial charge in [-0.3, -0.25) is 9.59 Å². The Morgan fingerprint density at radius 1 is 1.12 bits per heavy atom. The van der Waals surface area contributed by atoms with Gasteiger partial charge in [0.05, 0.1) is 27.0 Å². The molecule has 1 heterocycles. The van der Waals surface area contributed by atoms with Crippen LogP contribution in [0.1, 0.15) is 23.0 Å². The van der Waals surface area contributed by atoms with Crippen LogP contribution in [-0.2, 0) is 11.3 Å². The van der Waals surface area contributed by atoms with Crippen LogP contribution in [0, 0.1) is 0 Å². The van der Waals surface area contributed by atoms with Gasteiger partial charge in [0.2, 0.25) is 5.91 Å². The first-order valence-corrected chi connectivity index (χ1v) is 7.38. The lowest BCUT2D eigenvalue weighted by molar-refractivity contribution is -0.122. The molecule has 2 N–H and O–H groups in total. The fraction of sp³-hybridized carbons (Fsp3) is 0.294. The first kappa shape index (κ1) is 17.4. The minimum absolute atomic E-state index is 0.244. The summed E-state index contributed by atoms with van der Waals surface area (Å²) in [5, 5.41) is 5.32. The number of ether oxygens (including phenoxy) is 2. The van der Waals surface area contributed by atoms with Gasteiger partial charge >= 0.3 is 0 Å². The van der Waals surface area contributed by atoms with E-state index in [-0.39, 0.29) is 18.0 Å². The molecular formula is C17H20N2O5. The molecule has 7 nitrogen and oxygen atoms in total. The van der Waals surface area contributed by atoms with Crippen LogP contribution >= 0.6 is 0 Å². The number of hydrogen-bond acceptors (Lipinski definition) is 5. The molecule has 2 rings (SSSR count). The second-order valence-corrected chi connectivity index (χ2v) is 5.03. The number of furan rings is 1. The molecule has 2 amide bonds. The summed E-state index contributed by atoms with van der Waals surface area (Å²) in [5.74, 6) is 0.594. The summed E-state index contributed by atoms with van der Waals surface area (Å²) in [5.41, 5.74) is 0.244. The van der Waals surface area contributed by atoms with Crippen LogP contribution in [0.4, 0.5) is 0 Å². The van der Waals surface area contributed by atoms with Crippen molar-refractivity contribution in [2.45, 2.75) is 19.5 Å². The van der Waals surface area contributed by atoms with Gasteiger partial charge in [0, 0.05) is 0 Å². The van der Waals surface area contributed by atoms with Gasteiger partial charge in [0.15, 0.2) is 0 Å². The Balaban J connectivity index is 2.02. The van der Waals surface area contributed by atoms with Crippen molar-refractivity contribution in [2.75, 3.05) is 14.2 Å². The number of amides is 2. The monoisotopic (exact) mass is 332 g/mol. The Morgan fingerprint density at radius 2 is 1.79 bits per heavy atom. The second-order valence-electron chi connectivity index (χ2n) is 5.03.